The SMILES string of the molecule is CCC[C@H](N)c1c(C(F)(F)F)ccc(F)c1O.Cl. The summed E-state index contributed by atoms with van der Waals surface area (Å²) in [6.45, 7) is 1.74. The summed E-state index contributed by atoms with van der Waals surface area (Å²) in [6, 6.07) is 0.146. The highest BCUT2D eigenvalue weighted by molar-refractivity contribution is 5.85. The molecule has 0 bridgehead atoms. The van der Waals surface area contributed by atoms with Crippen molar-refractivity contribution < 1.29 is 22.7 Å². The van der Waals surface area contributed by atoms with E-state index in [2.05, 4.69) is 0 Å². The molecule has 0 aromatic heterocycles. The van der Waals surface area contributed by atoms with Gasteiger partial charge in [-0.05, 0) is 18.6 Å². The van der Waals surface area contributed by atoms with E-state index in [-0.39, 0.29) is 18.8 Å². The summed E-state index contributed by atoms with van der Waals surface area (Å²) < 4.78 is 51.1. The molecule has 0 aliphatic heterocycles. The van der Waals surface area contributed by atoms with Crippen molar-refractivity contribution in [2.45, 2.75) is 32.0 Å². The smallest absolute Gasteiger partial charge is 0.416 e. The second-order valence-electron chi connectivity index (χ2n) is 3.75. The topological polar surface area (TPSA) is 46.2 Å². The number of halogens is 5. The van der Waals surface area contributed by atoms with Gasteiger partial charge in [0.25, 0.3) is 0 Å². The molecule has 0 saturated carbocycles. The Kier molecular flexibility index (Phi) is 5.89. The second kappa shape index (κ2) is 6.24. The molecular weight excluding hydrogens is 274 g/mol. The van der Waals surface area contributed by atoms with Crippen LogP contribution in [0.15, 0.2) is 12.1 Å². The third kappa shape index (κ3) is 3.49. The number of aromatic hydroxyl groups is 1. The molecule has 7 heteroatoms. The Balaban J connectivity index is 0.00000289. The minimum atomic E-state index is -4.66. The van der Waals surface area contributed by atoms with Gasteiger partial charge < -0.3 is 10.8 Å². The van der Waals surface area contributed by atoms with Crippen molar-refractivity contribution in [1.29, 1.82) is 0 Å². The van der Waals surface area contributed by atoms with Gasteiger partial charge in [0.1, 0.15) is 0 Å². The average molecular weight is 288 g/mol. The summed E-state index contributed by atoms with van der Waals surface area (Å²) in [6.07, 6.45) is -3.89. The van der Waals surface area contributed by atoms with Gasteiger partial charge in [-0.2, -0.15) is 13.2 Å². The molecule has 1 atom stereocenters. The molecule has 2 nitrogen and oxygen atoms in total. The highest BCUT2D eigenvalue weighted by Gasteiger charge is 2.36. The number of alkyl halides is 3. The van der Waals surface area contributed by atoms with Crippen molar-refractivity contribution in [3.63, 3.8) is 0 Å². The quantitative estimate of drug-likeness (QED) is 0.831. The van der Waals surface area contributed by atoms with Gasteiger partial charge in [-0.15, -0.1) is 12.4 Å². The number of nitrogens with two attached hydrogens (primary N) is 1. The Labute approximate surface area is 108 Å². The van der Waals surface area contributed by atoms with Crippen molar-refractivity contribution in [1.82, 2.24) is 0 Å². The van der Waals surface area contributed by atoms with Crippen LogP contribution in [0, 0.1) is 5.82 Å². The van der Waals surface area contributed by atoms with Crippen LogP contribution >= 0.6 is 12.4 Å². The van der Waals surface area contributed by atoms with E-state index in [1.165, 1.54) is 0 Å². The minimum absolute atomic E-state index is 0. The molecule has 0 aliphatic carbocycles. The molecule has 0 unspecified atom stereocenters. The number of hydrogen-bond donors (Lipinski definition) is 2. The van der Waals surface area contributed by atoms with E-state index < -0.39 is 34.9 Å². The third-order valence-electron chi connectivity index (χ3n) is 2.44. The lowest BCUT2D eigenvalue weighted by Crippen LogP contribution is -2.18. The Morgan fingerprint density at radius 3 is 2.33 bits per heavy atom. The first-order valence-corrected chi connectivity index (χ1v) is 5.13. The Morgan fingerprint density at radius 1 is 1.33 bits per heavy atom. The first kappa shape index (κ1) is 17.0. The maximum absolute atomic E-state index is 13.1. The van der Waals surface area contributed by atoms with Crippen LogP contribution in [0.1, 0.15) is 36.9 Å². The van der Waals surface area contributed by atoms with Gasteiger partial charge in [-0.3, -0.25) is 0 Å². The molecule has 0 amide bonds. The zero-order valence-electron chi connectivity index (χ0n) is 9.59. The van der Waals surface area contributed by atoms with Crippen LogP contribution in [0.5, 0.6) is 5.75 Å². The number of phenols is 1. The van der Waals surface area contributed by atoms with E-state index in [4.69, 9.17) is 5.73 Å². The number of hydrogen-bond acceptors (Lipinski definition) is 2. The molecular formula is C11H14ClF4NO. The van der Waals surface area contributed by atoms with Crippen molar-refractivity contribution in [3.05, 3.63) is 29.1 Å². The first-order chi connectivity index (χ1) is 7.79. The molecule has 0 fully saturated rings. The number of benzene rings is 1. The molecule has 0 heterocycles. The molecule has 3 N–H and O–H groups in total. The highest BCUT2D eigenvalue weighted by atomic mass is 35.5. The molecule has 0 spiro atoms. The average Bonchev–Trinajstić information content (AvgIpc) is 2.20. The first-order valence-electron chi connectivity index (χ1n) is 5.13. The van der Waals surface area contributed by atoms with Gasteiger partial charge in [0, 0.05) is 11.6 Å². The molecule has 104 valence electrons. The molecule has 18 heavy (non-hydrogen) atoms. The van der Waals surface area contributed by atoms with Crippen LogP contribution in [0.2, 0.25) is 0 Å². The van der Waals surface area contributed by atoms with Crippen LogP contribution in [-0.4, -0.2) is 5.11 Å². The fourth-order valence-corrected chi connectivity index (χ4v) is 1.66. The normalized spacial score (nSPS) is 13.0. The van der Waals surface area contributed by atoms with Gasteiger partial charge in [-0.25, -0.2) is 4.39 Å². The second-order valence-corrected chi connectivity index (χ2v) is 3.75. The van der Waals surface area contributed by atoms with Crippen LogP contribution < -0.4 is 5.73 Å². The van der Waals surface area contributed by atoms with Gasteiger partial charge in [0.15, 0.2) is 11.6 Å². The van der Waals surface area contributed by atoms with Crippen LogP contribution in [0.25, 0.3) is 0 Å². The highest BCUT2D eigenvalue weighted by Crippen LogP contribution is 2.40. The summed E-state index contributed by atoms with van der Waals surface area (Å²) in [5.41, 5.74) is 3.89. The van der Waals surface area contributed by atoms with Crippen LogP contribution in [0.4, 0.5) is 17.6 Å². The predicted molar refractivity (Wildman–Crippen MR) is 62.2 cm³/mol. The lowest BCUT2D eigenvalue weighted by atomic mass is 9.96. The Bertz CT molecular complexity index is 409. The standard InChI is InChI=1S/C11H13F4NO.ClH/c1-2-3-8(16)9-6(11(13,14)15)4-5-7(12)10(9)17;/h4-5,8,17H,2-3,16H2,1H3;1H/t8-;/m0./s1. The maximum Gasteiger partial charge on any atom is 0.416 e. The summed E-state index contributed by atoms with van der Waals surface area (Å²) in [4.78, 5) is 0. The van der Waals surface area contributed by atoms with Crippen LogP contribution in [0.3, 0.4) is 0 Å². The van der Waals surface area contributed by atoms with E-state index in [9.17, 15) is 22.7 Å². The maximum atomic E-state index is 13.1. The molecule has 1 aromatic rings. The van der Waals surface area contributed by atoms with Gasteiger partial charge >= 0.3 is 6.18 Å². The molecule has 0 aliphatic rings. The lowest BCUT2D eigenvalue weighted by molar-refractivity contribution is -0.138. The van der Waals surface area contributed by atoms with Gasteiger partial charge in [0.05, 0.1) is 5.56 Å². The van der Waals surface area contributed by atoms with Gasteiger partial charge in [-0.1, -0.05) is 13.3 Å². The van der Waals surface area contributed by atoms with Crippen LogP contribution in [-0.2, 0) is 6.18 Å². The van der Waals surface area contributed by atoms with E-state index in [1.54, 1.807) is 6.92 Å². The zero-order valence-corrected chi connectivity index (χ0v) is 10.4. The fraction of sp³-hybridized carbons (Fsp3) is 0.455. The number of rotatable bonds is 3. The van der Waals surface area contributed by atoms with E-state index >= 15 is 0 Å². The molecule has 1 aromatic carbocycles. The summed E-state index contributed by atoms with van der Waals surface area (Å²) in [5.74, 6) is -2.11. The Morgan fingerprint density at radius 2 is 1.89 bits per heavy atom. The van der Waals surface area contributed by atoms with E-state index in [0.29, 0.717) is 18.6 Å². The van der Waals surface area contributed by atoms with Crippen molar-refractivity contribution in [2.75, 3.05) is 0 Å². The minimum Gasteiger partial charge on any atom is -0.505 e. The monoisotopic (exact) mass is 287 g/mol. The number of phenolic OH excluding ortho intramolecular Hbond substituents is 1. The molecule has 0 saturated heterocycles. The Hall–Kier alpha value is -1.01. The van der Waals surface area contributed by atoms with Gasteiger partial charge in [0.2, 0.25) is 0 Å². The van der Waals surface area contributed by atoms with Crippen molar-refractivity contribution >= 4 is 12.4 Å². The third-order valence-corrected chi connectivity index (χ3v) is 2.44. The van der Waals surface area contributed by atoms with E-state index in [1.807, 2.05) is 0 Å². The summed E-state index contributed by atoms with van der Waals surface area (Å²) >= 11 is 0. The predicted octanol–water partition coefficient (Wildman–Crippen LogP) is 3.77. The summed E-state index contributed by atoms with van der Waals surface area (Å²) in [5, 5.41) is 9.38. The van der Waals surface area contributed by atoms with Crippen molar-refractivity contribution in [2.24, 2.45) is 5.73 Å². The van der Waals surface area contributed by atoms with Crippen molar-refractivity contribution in [3.8, 4) is 5.75 Å². The molecule has 1 rings (SSSR count). The largest absolute Gasteiger partial charge is 0.505 e. The summed E-state index contributed by atoms with van der Waals surface area (Å²) in [7, 11) is 0. The lowest BCUT2D eigenvalue weighted by Gasteiger charge is -2.19. The van der Waals surface area contributed by atoms with E-state index in [0.717, 1.165) is 0 Å². The molecule has 0 radical (unpaired) electrons. The fourth-order valence-electron chi connectivity index (χ4n) is 1.66. The zero-order chi connectivity index (χ0) is 13.2.